The second-order valence-electron chi connectivity index (χ2n) is 10.8. The van der Waals surface area contributed by atoms with E-state index < -0.39 is 18.2 Å². The van der Waals surface area contributed by atoms with Crippen LogP contribution in [-0.4, -0.2) is 81.6 Å². The zero-order valence-electron chi connectivity index (χ0n) is 24.6. The summed E-state index contributed by atoms with van der Waals surface area (Å²) in [5.74, 6) is 0.221. The molecule has 0 radical (unpaired) electrons. The highest BCUT2D eigenvalue weighted by atomic mass is 32.1. The molecule has 0 unspecified atom stereocenters. The Morgan fingerprint density at radius 3 is 2.62 bits per heavy atom. The number of aromatic nitrogens is 1. The average molecular weight is 625 g/mol. The SMILES string of the molecule is COc1ccc(CNC(=O)N(CC#N)N2CC(=O)N3[C@@H](Cc4ccccc4)C(=O)N(Cc4cccc5sc(N)nc45)C[C@@H]32)cc1. The quantitative estimate of drug-likeness (QED) is 0.270. The summed E-state index contributed by atoms with van der Waals surface area (Å²) in [6.45, 7) is 0.176. The molecule has 2 saturated heterocycles. The molecule has 0 spiro atoms. The third-order valence-electron chi connectivity index (χ3n) is 8.09. The number of nitrogens with one attached hydrogen (secondary N) is 1. The largest absolute Gasteiger partial charge is 0.497 e. The topological polar surface area (TPSA) is 148 Å². The number of piperazine rings is 1. The van der Waals surface area contributed by atoms with Crippen molar-refractivity contribution in [2.75, 3.05) is 32.5 Å². The summed E-state index contributed by atoms with van der Waals surface area (Å²) in [6, 6.07) is 23.3. The smallest absolute Gasteiger partial charge is 0.333 e. The minimum atomic E-state index is -0.797. The number of rotatable bonds is 9. The Kier molecular flexibility index (Phi) is 8.50. The van der Waals surface area contributed by atoms with Crippen molar-refractivity contribution in [1.29, 1.82) is 5.26 Å². The van der Waals surface area contributed by atoms with Crippen molar-refractivity contribution in [2.24, 2.45) is 0 Å². The lowest BCUT2D eigenvalue weighted by Gasteiger charge is -2.46. The molecule has 230 valence electrons. The Morgan fingerprint density at radius 2 is 1.89 bits per heavy atom. The summed E-state index contributed by atoms with van der Waals surface area (Å²) in [5.41, 5.74) is 9.32. The number of nitrogens with zero attached hydrogens (tertiary/aromatic N) is 6. The lowest BCUT2D eigenvalue weighted by atomic mass is 10.00. The maximum absolute atomic E-state index is 14.1. The number of anilines is 1. The molecule has 6 rings (SSSR count). The van der Waals surface area contributed by atoms with Gasteiger partial charge < -0.3 is 25.6 Å². The second kappa shape index (κ2) is 12.8. The van der Waals surface area contributed by atoms with Crippen molar-refractivity contribution in [3.8, 4) is 11.8 Å². The van der Waals surface area contributed by atoms with Gasteiger partial charge in [-0.3, -0.25) is 9.59 Å². The number of carbonyl (C=O) groups excluding carboxylic acids is 3. The first-order valence-corrected chi connectivity index (χ1v) is 15.3. The van der Waals surface area contributed by atoms with Gasteiger partial charge in [-0.2, -0.15) is 10.3 Å². The van der Waals surface area contributed by atoms with Gasteiger partial charge in [0, 0.05) is 19.5 Å². The predicted molar refractivity (Wildman–Crippen MR) is 168 cm³/mol. The number of para-hydroxylation sites is 1. The Bertz CT molecular complexity index is 1760. The number of hydrazine groups is 1. The van der Waals surface area contributed by atoms with Gasteiger partial charge in [0.05, 0.1) is 36.5 Å². The number of nitrogen functional groups attached to an aromatic ring is 1. The summed E-state index contributed by atoms with van der Waals surface area (Å²) in [7, 11) is 1.58. The highest BCUT2D eigenvalue weighted by Crippen LogP contribution is 2.32. The molecule has 4 amide bonds. The summed E-state index contributed by atoms with van der Waals surface area (Å²) in [4.78, 5) is 49.0. The van der Waals surface area contributed by atoms with Gasteiger partial charge in [0.25, 0.3) is 0 Å². The fourth-order valence-electron chi connectivity index (χ4n) is 5.94. The van der Waals surface area contributed by atoms with Crippen LogP contribution in [0.3, 0.4) is 0 Å². The number of methoxy groups -OCH3 is 1. The molecule has 45 heavy (non-hydrogen) atoms. The molecule has 2 fully saturated rings. The lowest BCUT2D eigenvalue weighted by molar-refractivity contribution is -0.157. The van der Waals surface area contributed by atoms with Crippen LogP contribution in [0.1, 0.15) is 16.7 Å². The number of thiazole rings is 1. The van der Waals surface area contributed by atoms with Crippen molar-refractivity contribution in [1.82, 2.24) is 30.1 Å². The Balaban J connectivity index is 1.29. The number of nitriles is 1. The fourth-order valence-corrected chi connectivity index (χ4v) is 6.72. The summed E-state index contributed by atoms with van der Waals surface area (Å²) in [6.07, 6.45) is -0.356. The van der Waals surface area contributed by atoms with E-state index in [1.807, 2.05) is 60.7 Å². The first kappa shape index (κ1) is 29.9. The number of nitrogens with two attached hydrogens (primary N) is 1. The van der Waals surface area contributed by atoms with E-state index in [1.54, 1.807) is 34.1 Å². The van der Waals surface area contributed by atoms with Gasteiger partial charge >= 0.3 is 6.03 Å². The zero-order valence-corrected chi connectivity index (χ0v) is 25.4. The highest BCUT2D eigenvalue weighted by molar-refractivity contribution is 7.22. The summed E-state index contributed by atoms with van der Waals surface area (Å²) >= 11 is 1.38. The number of hydrogen-bond donors (Lipinski definition) is 2. The molecular weight excluding hydrogens is 592 g/mol. The molecule has 2 atom stereocenters. The van der Waals surface area contributed by atoms with Crippen molar-refractivity contribution in [2.45, 2.75) is 31.7 Å². The number of hydrogen-bond acceptors (Lipinski definition) is 9. The highest BCUT2D eigenvalue weighted by Gasteiger charge is 2.52. The van der Waals surface area contributed by atoms with E-state index in [0.29, 0.717) is 17.3 Å². The molecule has 2 aliphatic heterocycles. The normalized spacial score (nSPS) is 18.1. The second-order valence-corrected chi connectivity index (χ2v) is 11.9. The van der Waals surface area contributed by atoms with Crippen LogP contribution in [0.15, 0.2) is 72.8 Å². The number of carbonyl (C=O) groups is 3. The van der Waals surface area contributed by atoms with Gasteiger partial charge in [0.15, 0.2) is 5.13 Å². The van der Waals surface area contributed by atoms with Crippen molar-refractivity contribution < 1.29 is 19.1 Å². The molecule has 1 aromatic heterocycles. The van der Waals surface area contributed by atoms with Crippen molar-refractivity contribution >= 4 is 44.5 Å². The van der Waals surface area contributed by atoms with Gasteiger partial charge in [0.2, 0.25) is 11.8 Å². The molecule has 0 saturated carbocycles. The first-order chi connectivity index (χ1) is 21.9. The van der Waals surface area contributed by atoms with Gasteiger partial charge in [-0.25, -0.2) is 14.8 Å². The van der Waals surface area contributed by atoms with Gasteiger partial charge in [-0.05, 0) is 34.9 Å². The van der Waals surface area contributed by atoms with E-state index in [4.69, 9.17) is 10.5 Å². The molecule has 3 heterocycles. The van der Waals surface area contributed by atoms with Crippen molar-refractivity contribution in [3.63, 3.8) is 0 Å². The summed E-state index contributed by atoms with van der Waals surface area (Å²) in [5, 5.41) is 15.9. The number of benzene rings is 3. The van der Waals surface area contributed by atoms with Crippen LogP contribution in [0.2, 0.25) is 0 Å². The number of ether oxygens (including phenoxy) is 1. The molecule has 2 aliphatic rings. The molecule has 4 aromatic rings. The Labute approximate surface area is 264 Å². The Morgan fingerprint density at radius 1 is 1.11 bits per heavy atom. The monoisotopic (exact) mass is 624 g/mol. The number of amides is 4. The van der Waals surface area contributed by atoms with Crippen molar-refractivity contribution in [3.05, 3.63) is 89.5 Å². The van der Waals surface area contributed by atoms with Crippen LogP contribution in [0.4, 0.5) is 9.93 Å². The maximum Gasteiger partial charge on any atom is 0.333 e. The number of fused-ring (bicyclic) bond motifs is 2. The molecule has 13 heteroatoms. The maximum atomic E-state index is 14.1. The third kappa shape index (κ3) is 6.11. The minimum Gasteiger partial charge on any atom is -0.497 e. The molecule has 0 bridgehead atoms. The minimum absolute atomic E-state index is 0.138. The standard InChI is InChI=1S/C32H32N8O4S/c1-44-24-12-10-22(11-13-24)17-35-32(43)38(15-14-33)39-20-28(41)40-25(16-21-6-3-2-4-7-21)30(42)37(19-27(39)40)18-23-8-5-9-26-29(23)36-31(34)45-26/h2-13,25,27H,15-20H2,1H3,(H2,34,36)(H,35,43)/t25-,27+/m0/s1. The van der Waals surface area contributed by atoms with E-state index in [2.05, 4.69) is 16.4 Å². The van der Waals surface area contributed by atoms with Crippen LogP contribution < -0.4 is 15.8 Å². The van der Waals surface area contributed by atoms with E-state index in [0.717, 1.165) is 26.9 Å². The van der Waals surface area contributed by atoms with Gasteiger partial charge in [-0.1, -0.05) is 65.9 Å². The van der Waals surface area contributed by atoms with Crippen LogP contribution in [0, 0.1) is 11.3 Å². The molecule has 3 aromatic carbocycles. The molecule has 0 aliphatic carbocycles. The van der Waals surface area contributed by atoms with Crippen LogP contribution in [-0.2, 0) is 29.1 Å². The third-order valence-corrected chi connectivity index (χ3v) is 8.94. The average Bonchev–Trinajstić information content (AvgIpc) is 3.60. The molecule has 3 N–H and O–H groups in total. The van der Waals surface area contributed by atoms with Crippen LogP contribution >= 0.6 is 11.3 Å². The van der Waals surface area contributed by atoms with E-state index >= 15 is 0 Å². The first-order valence-electron chi connectivity index (χ1n) is 14.5. The molecule has 12 nitrogen and oxygen atoms in total. The van der Waals surface area contributed by atoms with Crippen LogP contribution in [0.5, 0.6) is 5.75 Å². The number of urea groups is 1. The predicted octanol–water partition coefficient (Wildman–Crippen LogP) is 2.96. The van der Waals surface area contributed by atoms with Crippen LogP contribution in [0.25, 0.3) is 10.2 Å². The summed E-state index contributed by atoms with van der Waals surface area (Å²) < 4.78 is 6.12. The Hall–Kier alpha value is -5.19. The van der Waals surface area contributed by atoms with E-state index in [-0.39, 0.29) is 44.5 Å². The van der Waals surface area contributed by atoms with E-state index in [1.165, 1.54) is 16.3 Å². The fraction of sp³-hybridized carbons (Fsp3) is 0.281. The zero-order chi connectivity index (χ0) is 31.5. The molecular formula is C32H32N8O4S. The lowest BCUT2D eigenvalue weighted by Crippen LogP contribution is -2.66. The van der Waals surface area contributed by atoms with E-state index in [9.17, 15) is 19.6 Å². The van der Waals surface area contributed by atoms with Gasteiger partial charge in [-0.15, -0.1) is 0 Å². The van der Waals surface area contributed by atoms with Gasteiger partial charge in [0.1, 0.15) is 24.5 Å².